The molecule has 132 valence electrons. The first kappa shape index (κ1) is 16.5. The summed E-state index contributed by atoms with van der Waals surface area (Å²) in [5.41, 5.74) is 2.29. The average molecular weight is 358 g/mol. The van der Waals surface area contributed by atoms with Gasteiger partial charge >= 0.3 is 0 Å². The van der Waals surface area contributed by atoms with Crippen LogP contribution in [-0.2, 0) is 28.9 Å². The molecule has 0 radical (unpaired) electrons. The summed E-state index contributed by atoms with van der Waals surface area (Å²) in [7, 11) is 0. The largest absolute Gasteiger partial charge is 0.365 e. The van der Waals surface area contributed by atoms with Gasteiger partial charge in [-0.25, -0.2) is 9.97 Å². The van der Waals surface area contributed by atoms with Crippen molar-refractivity contribution >= 4 is 23.1 Å². The molecule has 6 nitrogen and oxygen atoms in total. The molecule has 7 heteroatoms. The van der Waals surface area contributed by atoms with Crippen LogP contribution in [0.25, 0.3) is 0 Å². The van der Waals surface area contributed by atoms with Gasteiger partial charge in [0.1, 0.15) is 12.1 Å². The summed E-state index contributed by atoms with van der Waals surface area (Å²) < 4.78 is 5.80. The number of hydrogen-bond donors (Lipinski definition) is 0. The first-order valence-electron chi connectivity index (χ1n) is 8.76. The highest BCUT2D eigenvalue weighted by Crippen LogP contribution is 2.25. The lowest BCUT2D eigenvalue weighted by Gasteiger charge is -2.36. The van der Waals surface area contributed by atoms with Gasteiger partial charge in [-0.2, -0.15) is 0 Å². The van der Waals surface area contributed by atoms with Gasteiger partial charge in [0.2, 0.25) is 0 Å². The fourth-order valence-corrected chi connectivity index (χ4v) is 4.29. The van der Waals surface area contributed by atoms with Crippen LogP contribution in [0.2, 0.25) is 0 Å². The Labute approximate surface area is 151 Å². The van der Waals surface area contributed by atoms with E-state index in [0.717, 1.165) is 37.4 Å². The van der Waals surface area contributed by atoms with Crippen LogP contribution in [0.5, 0.6) is 0 Å². The molecule has 25 heavy (non-hydrogen) atoms. The normalized spacial score (nSPS) is 20.4. The molecule has 0 aliphatic carbocycles. The van der Waals surface area contributed by atoms with Gasteiger partial charge in [0.05, 0.1) is 13.2 Å². The molecule has 0 bridgehead atoms. The molecule has 1 atom stereocenters. The molecule has 4 rings (SSSR count). The van der Waals surface area contributed by atoms with Crippen LogP contribution in [0, 0.1) is 0 Å². The van der Waals surface area contributed by atoms with Gasteiger partial charge in [-0.15, -0.1) is 11.3 Å². The van der Waals surface area contributed by atoms with Gasteiger partial charge < -0.3 is 14.5 Å². The third kappa shape index (κ3) is 3.39. The van der Waals surface area contributed by atoms with E-state index in [4.69, 9.17) is 4.74 Å². The molecular weight excluding hydrogens is 336 g/mol. The smallest absolute Gasteiger partial charge is 0.253 e. The van der Waals surface area contributed by atoms with Crippen molar-refractivity contribution in [3.05, 3.63) is 40.0 Å². The molecule has 2 aliphatic rings. The monoisotopic (exact) mass is 358 g/mol. The van der Waals surface area contributed by atoms with Gasteiger partial charge in [0.25, 0.3) is 5.91 Å². The molecule has 1 amide bonds. The lowest BCUT2D eigenvalue weighted by molar-refractivity contribution is -0.145. The van der Waals surface area contributed by atoms with Crippen molar-refractivity contribution in [3.8, 4) is 0 Å². The molecule has 1 saturated heterocycles. The van der Waals surface area contributed by atoms with Crippen molar-refractivity contribution in [2.75, 3.05) is 31.1 Å². The van der Waals surface area contributed by atoms with Crippen molar-refractivity contribution in [2.45, 2.75) is 32.4 Å². The number of morpholine rings is 1. The van der Waals surface area contributed by atoms with Gasteiger partial charge in [-0.3, -0.25) is 4.79 Å². The Bertz CT molecular complexity index is 763. The zero-order valence-electron chi connectivity index (χ0n) is 14.4. The number of aromatic nitrogens is 2. The van der Waals surface area contributed by atoms with Crippen LogP contribution in [0.15, 0.2) is 23.8 Å². The summed E-state index contributed by atoms with van der Waals surface area (Å²) in [4.78, 5) is 27.0. The number of ether oxygens (including phenoxy) is 1. The summed E-state index contributed by atoms with van der Waals surface area (Å²) in [5.74, 6) is 0.970. The minimum atomic E-state index is -0.422. The Balaban J connectivity index is 1.45. The third-order valence-electron chi connectivity index (χ3n) is 4.86. The first-order chi connectivity index (χ1) is 12.2. The summed E-state index contributed by atoms with van der Waals surface area (Å²) in [6.45, 7) is 5.39. The molecule has 0 aromatic carbocycles. The van der Waals surface area contributed by atoms with E-state index in [9.17, 15) is 4.79 Å². The first-order valence-corrected chi connectivity index (χ1v) is 9.64. The van der Waals surface area contributed by atoms with Crippen LogP contribution in [0.1, 0.15) is 23.1 Å². The number of carbonyl (C=O) groups is 1. The molecular formula is C18H22N4O2S. The molecule has 0 N–H and O–H groups in total. The van der Waals surface area contributed by atoms with Gasteiger partial charge in [0.15, 0.2) is 6.10 Å². The lowest BCUT2D eigenvalue weighted by atomic mass is 10.1. The highest BCUT2D eigenvalue weighted by molar-refractivity contribution is 7.10. The summed E-state index contributed by atoms with van der Waals surface area (Å²) in [6.07, 6.45) is 3.00. The van der Waals surface area contributed by atoms with E-state index in [2.05, 4.69) is 33.2 Å². The van der Waals surface area contributed by atoms with Crippen LogP contribution < -0.4 is 4.90 Å². The molecule has 1 fully saturated rings. The van der Waals surface area contributed by atoms with Crippen LogP contribution in [0.4, 0.5) is 5.82 Å². The number of amides is 1. The topological polar surface area (TPSA) is 58.6 Å². The molecule has 2 aromatic heterocycles. The molecule has 0 saturated carbocycles. The Kier molecular flexibility index (Phi) is 4.67. The molecule has 2 aromatic rings. The Hall–Kier alpha value is -1.99. The predicted octanol–water partition coefficient (Wildman–Crippen LogP) is 1.89. The van der Waals surface area contributed by atoms with E-state index in [1.807, 2.05) is 11.0 Å². The number of carbonyl (C=O) groups excluding carboxylic acids is 1. The summed E-state index contributed by atoms with van der Waals surface area (Å²) in [6, 6.07) is 4.13. The lowest BCUT2D eigenvalue weighted by Crippen LogP contribution is -2.52. The number of thiophene rings is 1. The zero-order chi connectivity index (χ0) is 17.2. The van der Waals surface area contributed by atoms with E-state index >= 15 is 0 Å². The number of fused-ring (bicyclic) bond motifs is 1. The van der Waals surface area contributed by atoms with Crippen LogP contribution >= 0.6 is 11.3 Å². The maximum Gasteiger partial charge on any atom is 0.253 e. The number of nitrogens with zero attached hydrogens (tertiary/aromatic N) is 4. The molecule has 4 heterocycles. The molecule has 2 aliphatic heterocycles. The van der Waals surface area contributed by atoms with Crippen molar-refractivity contribution in [1.82, 2.24) is 14.9 Å². The number of anilines is 1. The van der Waals surface area contributed by atoms with Crippen LogP contribution in [0.3, 0.4) is 0 Å². The van der Waals surface area contributed by atoms with Crippen molar-refractivity contribution in [1.29, 1.82) is 0 Å². The Morgan fingerprint density at radius 3 is 3.20 bits per heavy atom. The zero-order valence-corrected chi connectivity index (χ0v) is 15.2. The Morgan fingerprint density at radius 1 is 1.40 bits per heavy atom. The van der Waals surface area contributed by atoms with Gasteiger partial charge in [-0.05, 0) is 29.9 Å². The van der Waals surface area contributed by atoms with Crippen molar-refractivity contribution in [3.63, 3.8) is 0 Å². The highest BCUT2D eigenvalue weighted by atomic mass is 32.1. The number of rotatable bonds is 3. The second-order valence-electron chi connectivity index (χ2n) is 6.41. The average Bonchev–Trinajstić information content (AvgIpc) is 3.15. The summed E-state index contributed by atoms with van der Waals surface area (Å²) in [5, 5.41) is 2.11. The number of hydrogen-bond acceptors (Lipinski definition) is 6. The summed E-state index contributed by atoms with van der Waals surface area (Å²) >= 11 is 1.78. The van der Waals surface area contributed by atoms with E-state index in [1.165, 1.54) is 10.4 Å². The molecule has 1 unspecified atom stereocenters. The quantitative estimate of drug-likeness (QED) is 0.839. The second kappa shape index (κ2) is 7.09. The van der Waals surface area contributed by atoms with E-state index in [1.54, 1.807) is 17.7 Å². The number of aryl methyl sites for hydroxylation is 1. The fourth-order valence-electron chi connectivity index (χ4n) is 3.40. The third-order valence-corrected chi connectivity index (χ3v) is 5.88. The van der Waals surface area contributed by atoms with Crippen molar-refractivity contribution < 1.29 is 9.53 Å². The maximum atomic E-state index is 12.9. The van der Waals surface area contributed by atoms with Gasteiger partial charge in [0, 0.05) is 36.3 Å². The standard InChI is InChI=1S/C18H22N4O2S/c1-2-14-9-17(20-12-19-14)21-6-7-24-15(11-21)18(23)22-5-3-16-13(10-22)4-8-25-16/h4,8-9,12,15H,2-3,5-7,10-11H2,1H3. The van der Waals surface area contributed by atoms with Gasteiger partial charge in [-0.1, -0.05) is 6.92 Å². The minimum absolute atomic E-state index is 0.0892. The maximum absolute atomic E-state index is 12.9. The van der Waals surface area contributed by atoms with E-state index < -0.39 is 6.10 Å². The second-order valence-corrected chi connectivity index (χ2v) is 7.41. The Morgan fingerprint density at radius 2 is 2.32 bits per heavy atom. The van der Waals surface area contributed by atoms with E-state index in [-0.39, 0.29) is 5.91 Å². The predicted molar refractivity (Wildman–Crippen MR) is 96.8 cm³/mol. The molecule has 0 spiro atoms. The van der Waals surface area contributed by atoms with Crippen LogP contribution in [-0.4, -0.2) is 53.1 Å². The fraction of sp³-hybridized carbons (Fsp3) is 0.500. The van der Waals surface area contributed by atoms with E-state index in [0.29, 0.717) is 19.7 Å². The highest BCUT2D eigenvalue weighted by Gasteiger charge is 2.32. The van der Waals surface area contributed by atoms with Crippen molar-refractivity contribution in [2.24, 2.45) is 0 Å². The minimum Gasteiger partial charge on any atom is -0.365 e. The SMILES string of the molecule is CCc1cc(N2CCOC(C(=O)N3CCc4sccc4C3)C2)ncn1.